The minimum atomic E-state index is -0.246. The molecule has 0 bridgehead atoms. The molecule has 1 amide bonds. The van der Waals surface area contributed by atoms with Crippen LogP contribution >= 0.6 is 0 Å². The fraction of sp³-hybridized carbons (Fsp3) is 0.136. The number of nitrogens with one attached hydrogen (secondary N) is 2. The van der Waals surface area contributed by atoms with Gasteiger partial charge in [-0.25, -0.2) is 4.99 Å². The summed E-state index contributed by atoms with van der Waals surface area (Å²) in [7, 11) is 1.60. The van der Waals surface area contributed by atoms with E-state index in [1.807, 2.05) is 55.5 Å². The second-order valence-corrected chi connectivity index (χ2v) is 6.17. The molecule has 0 aliphatic rings. The van der Waals surface area contributed by atoms with Crippen molar-refractivity contribution in [1.29, 1.82) is 0 Å². The third-order valence-electron chi connectivity index (χ3n) is 4.02. The van der Waals surface area contributed by atoms with Crippen LogP contribution in [0.3, 0.4) is 0 Å². The molecule has 2 aromatic carbocycles. The molecule has 0 radical (unpaired) electrons. The molecule has 3 rings (SSSR count). The van der Waals surface area contributed by atoms with E-state index in [-0.39, 0.29) is 5.91 Å². The fourth-order valence-corrected chi connectivity index (χ4v) is 2.59. The minimum absolute atomic E-state index is 0.246. The van der Waals surface area contributed by atoms with Crippen molar-refractivity contribution in [2.75, 3.05) is 12.4 Å². The van der Waals surface area contributed by atoms with Crippen LogP contribution in [0.4, 0.5) is 5.69 Å². The first kappa shape index (κ1) is 19.1. The molecule has 6 heteroatoms. The lowest BCUT2D eigenvalue weighted by Crippen LogP contribution is -2.36. The number of benzene rings is 2. The number of hydrogen-bond donors (Lipinski definition) is 2. The van der Waals surface area contributed by atoms with Crippen LogP contribution in [-0.2, 0) is 6.54 Å². The molecular formula is C22H22N4O2. The number of nitrogens with zero attached hydrogens (tertiary/aromatic N) is 2. The summed E-state index contributed by atoms with van der Waals surface area (Å²) >= 11 is 0. The van der Waals surface area contributed by atoms with Gasteiger partial charge in [0.1, 0.15) is 5.75 Å². The van der Waals surface area contributed by atoms with Crippen LogP contribution in [0.5, 0.6) is 5.75 Å². The molecule has 0 atom stereocenters. The third kappa shape index (κ3) is 5.17. The average Bonchev–Trinajstić information content (AvgIpc) is 2.73. The number of carbonyl (C=O) groups is 1. The summed E-state index contributed by atoms with van der Waals surface area (Å²) in [5.41, 5.74) is 3.27. The van der Waals surface area contributed by atoms with Crippen LogP contribution in [0.15, 0.2) is 78.0 Å². The van der Waals surface area contributed by atoms with Gasteiger partial charge < -0.3 is 10.1 Å². The summed E-state index contributed by atoms with van der Waals surface area (Å²) in [5, 5.41) is 6.03. The Balaban J connectivity index is 1.86. The van der Waals surface area contributed by atoms with Crippen molar-refractivity contribution in [3.05, 3.63) is 89.7 Å². The molecule has 0 saturated carbocycles. The van der Waals surface area contributed by atoms with E-state index < -0.39 is 0 Å². The third-order valence-corrected chi connectivity index (χ3v) is 4.02. The predicted molar refractivity (Wildman–Crippen MR) is 111 cm³/mol. The molecule has 1 heterocycles. The van der Waals surface area contributed by atoms with Crippen LogP contribution in [0, 0.1) is 6.92 Å². The Labute approximate surface area is 164 Å². The first-order valence-corrected chi connectivity index (χ1v) is 8.87. The molecule has 0 fully saturated rings. The molecule has 6 nitrogen and oxygen atoms in total. The maximum absolute atomic E-state index is 12.6. The summed E-state index contributed by atoms with van der Waals surface area (Å²) in [5.74, 6) is 0.750. The van der Waals surface area contributed by atoms with Gasteiger partial charge in [0.15, 0.2) is 0 Å². The van der Waals surface area contributed by atoms with E-state index in [0.29, 0.717) is 23.8 Å². The molecule has 0 aliphatic carbocycles. The lowest BCUT2D eigenvalue weighted by Gasteiger charge is -2.15. The van der Waals surface area contributed by atoms with Crippen molar-refractivity contribution in [1.82, 2.24) is 10.3 Å². The number of guanidine groups is 1. The lowest BCUT2D eigenvalue weighted by molar-refractivity contribution is 0.0977. The normalized spacial score (nSPS) is 11.0. The van der Waals surface area contributed by atoms with E-state index in [9.17, 15) is 4.79 Å². The summed E-state index contributed by atoms with van der Waals surface area (Å²) < 4.78 is 5.41. The van der Waals surface area contributed by atoms with Gasteiger partial charge in [-0.1, -0.05) is 30.3 Å². The molecular weight excluding hydrogens is 352 g/mol. The van der Waals surface area contributed by atoms with Gasteiger partial charge in [-0.15, -0.1) is 0 Å². The Kier molecular flexibility index (Phi) is 6.36. The Bertz CT molecular complexity index is 957. The zero-order chi connectivity index (χ0) is 19.8. The van der Waals surface area contributed by atoms with Gasteiger partial charge in [-0.2, -0.15) is 0 Å². The van der Waals surface area contributed by atoms with Crippen molar-refractivity contribution < 1.29 is 9.53 Å². The SMILES string of the molecule is COc1ccc(C)cc1NC(=NCc1cccnc1)NC(=O)c1ccccc1. The fourth-order valence-electron chi connectivity index (χ4n) is 2.59. The maximum atomic E-state index is 12.6. The molecule has 0 aliphatic heterocycles. The number of hydrogen-bond acceptors (Lipinski definition) is 4. The lowest BCUT2D eigenvalue weighted by atomic mass is 10.2. The first-order valence-electron chi connectivity index (χ1n) is 8.87. The smallest absolute Gasteiger partial charge is 0.257 e. The number of aliphatic imine (C=N–C) groups is 1. The molecule has 1 aromatic heterocycles. The Hall–Kier alpha value is -3.67. The molecule has 0 spiro atoms. The Morgan fingerprint density at radius 1 is 1.11 bits per heavy atom. The highest BCUT2D eigenvalue weighted by Crippen LogP contribution is 2.25. The van der Waals surface area contributed by atoms with Crippen LogP contribution in [0.2, 0.25) is 0 Å². The molecule has 3 aromatic rings. The van der Waals surface area contributed by atoms with Crippen molar-refractivity contribution in [3.63, 3.8) is 0 Å². The van der Waals surface area contributed by atoms with Crippen LogP contribution in [0.1, 0.15) is 21.5 Å². The topological polar surface area (TPSA) is 75.6 Å². The van der Waals surface area contributed by atoms with E-state index in [0.717, 1.165) is 16.8 Å². The van der Waals surface area contributed by atoms with Crippen molar-refractivity contribution in [3.8, 4) is 5.75 Å². The average molecular weight is 374 g/mol. The Morgan fingerprint density at radius 2 is 1.93 bits per heavy atom. The van der Waals surface area contributed by atoms with Crippen molar-refractivity contribution in [2.45, 2.75) is 13.5 Å². The zero-order valence-electron chi connectivity index (χ0n) is 15.8. The highest BCUT2D eigenvalue weighted by molar-refractivity contribution is 6.10. The summed E-state index contributed by atoms with van der Waals surface area (Å²) in [6.07, 6.45) is 3.45. The standard InChI is InChI=1S/C22H22N4O2/c1-16-10-11-20(28-2)19(13-16)25-22(24-15-17-7-6-12-23-14-17)26-21(27)18-8-4-3-5-9-18/h3-14H,15H2,1-2H3,(H2,24,25,26,27). The number of rotatable bonds is 5. The number of methoxy groups -OCH3 is 1. The number of aromatic nitrogens is 1. The number of amides is 1. The van der Waals surface area contributed by atoms with Crippen LogP contribution in [0.25, 0.3) is 0 Å². The van der Waals surface area contributed by atoms with E-state index in [1.165, 1.54) is 0 Å². The molecule has 28 heavy (non-hydrogen) atoms. The maximum Gasteiger partial charge on any atom is 0.257 e. The minimum Gasteiger partial charge on any atom is -0.495 e. The first-order chi connectivity index (χ1) is 13.7. The zero-order valence-corrected chi connectivity index (χ0v) is 15.8. The predicted octanol–water partition coefficient (Wildman–Crippen LogP) is 3.80. The van der Waals surface area contributed by atoms with Crippen LogP contribution in [-0.4, -0.2) is 24.0 Å². The molecule has 0 unspecified atom stereocenters. The van der Waals surface area contributed by atoms with Gasteiger partial charge in [0.05, 0.1) is 19.3 Å². The quantitative estimate of drug-likeness (QED) is 0.526. The monoisotopic (exact) mass is 374 g/mol. The van der Waals surface area contributed by atoms with Gasteiger partial charge in [-0.05, 0) is 48.4 Å². The summed E-state index contributed by atoms with van der Waals surface area (Å²) in [6.45, 7) is 2.36. The number of aryl methyl sites for hydroxylation is 1. The number of pyridine rings is 1. The number of carbonyl (C=O) groups excluding carboxylic acids is 1. The van der Waals surface area contributed by atoms with E-state index in [2.05, 4.69) is 20.6 Å². The Morgan fingerprint density at radius 3 is 2.64 bits per heavy atom. The highest BCUT2D eigenvalue weighted by Gasteiger charge is 2.11. The van der Waals surface area contributed by atoms with Gasteiger partial charge >= 0.3 is 0 Å². The van der Waals surface area contributed by atoms with Gasteiger partial charge in [0, 0.05) is 18.0 Å². The summed E-state index contributed by atoms with van der Waals surface area (Å²) in [6, 6.07) is 18.6. The second-order valence-electron chi connectivity index (χ2n) is 6.17. The highest BCUT2D eigenvalue weighted by atomic mass is 16.5. The number of ether oxygens (including phenoxy) is 1. The van der Waals surface area contributed by atoms with Crippen molar-refractivity contribution >= 4 is 17.6 Å². The van der Waals surface area contributed by atoms with Gasteiger partial charge in [-0.3, -0.25) is 15.1 Å². The van der Waals surface area contributed by atoms with E-state index >= 15 is 0 Å². The van der Waals surface area contributed by atoms with Gasteiger partial charge in [0.25, 0.3) is 5.91 Å². The number of anilines is 1. The summed E-state index contributed by atoms with van der Waals surface area (Å²) in [4.78, 5) is 21.2. The van der Waals surface area contributed by atoms with E-state index in [1.54, 1.807) is 31.6 Å². The molecule has 142 valence electrons. The molecule has 2 N–H and O–H groups in total. The second kappa shape index (κ2) is 9.32. The van der Waals surface area contributed by atoms with Crippen molar-refractivity contribution in [2.24, 2.45) is 4.99 Å². The molecule has 0 saturated heterocycles. The van der Waals surface area contributed by atoms with Gasteiger partial charge in [0.2, 0.25) is 5.96 Å². The van der Waals surface area contributed by atoms with Crippen LogP contribution < -0.4 is 15.4 Å². The largest absolute Gasteiger partial charge is 0.495 e. The van der Waals surface area contributed by atoms with E-state index in [4.69, 9.17) is 4.74 Å².